The Bertz CT molecular complexity index is 325. The number of nitrogens with two attached hydrogens (primary N) is 1. The largest absolute Gasteiger partial charge is 0.324 e. The van der Waals surface area contributed by atoms with Crippen molar-refractivity contribution in [1.29, 1.82) is 0 Å². The van der Waals surface area contributed by atoms with Gasteiger partial charge in [-0.25, -0.2) is 0 Å². The Balaban J connectivity index is 2.20. The number of rotatable bonds is 2. The first-order chi connectivity index (χ1) is 7.16. The molecule has 15 heavy (non-hydrogen) atoms. The van der Waals surface area contributed by atoms with E-state index in [4.69, 9.17) is 5.73 Å². The average Bonchev–Trinajstić information content (AvgIpc) is 2.67. The van der Waals surface area contributed by atoms with Crippen LogP contribution in [0.5, 0.6) is 0 Å². The molecule has 0 aromatic heterocycles. The van der Waals surface area contributed by atoms with E-state index in [-0.39, 0.29) is 6.04 Å². The molecule has 0 spiro atoms. The second-order valence-corrected chi connectivity index (χ2v) is 6.10. The Labute approximate surface area is 108 Å². The van der Waals surface area contributed by atoms with Crippen LogP contribution in [0.25, 0.3) is 0 Å². The van der Waals surface area contributed by atoms with Crippen LogP contribution in [0.1, 0.15) is 37.3 Å². The molecule has 1 fully saturated rings. The van der Waals surface area contributed by atoms with E-state index in [1.807, 2.05) is 6.07 Å². The number of hydrogen-bond donors (Lipinski definition) is 1. The molecule has 1 aliphatic carbocycles. The highest BCUT2D eigenvalue weighted by Gasteiger charge is 2.23. The highest BCUT2D eigenvalue weighted by molar-refractivity contribution is 9.11. The lowest BCUT2D eigenvalue weighted by Gasteiger charge is -2.19. The van der Waals surface area contributed by atoms with Crippen molar-refractivity contribution >= 4 is 31.9 Å². The van der Waals surface area contributed by atoms with Gasteiger partial charge >= 0.3 is 0 Å². The van der Waals surface area contributed by atoms with Crippen molar-refractivity contribution in [2.75, 3.05) is 0 Å². The third-order valence-corrected chi connectivity index (χ3v) is 4.09. The molecule has 82 valence electrons. The fraction of sp³-hybridized carbons (Fsp3) is 0.500. The zero-order valence-corrected chi connectivity index (χ0v) is 11.7. The third-order valence-electron chi connectivity index (χ3n) is 3.18. The van der Waals surface area contributed by atoms with E-state index >= 15 is 0 Å². The molecule has 1 aliphatic rings. The molecule has 0 amide bonds. The normalized spacial score (nSPS) is 19.4. The Kier molecular flexibility index (Phi) is 3.86. The minimum atomic E-state index is 0.196. The number of benzene rings is 1. The van der Waals surface area contributed by atoms with Gasteiger partial charge in [-0.3, -0.25) is 0 Å². The maximum Gasteiger partial charge on any atom is 0.0324 e. The monoisotopic (exact) mass is 331 g/mol. The summed E-state index contributed by atoms with van der Waals surface area (Å²) >= 11 is 7.01. The van der Waals surface area contributed by atoms with Crippen molar-refractivity contribution < 1.29 is 0 Å². The summed E-state index contributed by atoms with van der Waals surface area (Å²) in [4.78, 5) is 0. The molecule has 0 saturated heterocycles. The van der Waals surface area contributed by atoms with Crippen LogP contribution in [0.2, 0.25) is 0 Å². The first kappa shape index (κ1) is 11.6. The standard InChI is InChI=1S/C12H15Br2N/c13-10-5-9(6-11(14)7-10)12(15)8-3-1-2-4-8/h5-8,12H,1-4,15H2/t12-/m1/s1. The van der Waals surface area contributed by atoms with Crippen molar-refractivity contribution in [1.82, 2.24) is 0 Å². The summed E-state index contributed by atoms with van der Waals surface area (Å²) in [7, 11) is 0. The van der Waals surface area contributed by atoms with Gasteiger partial charge in [0.1, 0.15) is 0 Å². The highest BCUT2D eigenvalue weighted by Crippen LogP contribution is 2.35. The second kappa shape index (κ2) is 4.98. The fourth-order valence-electron chi connectivity index (χ4n) is 2.36. The van der Waals surface area contributed by atoms with Gasteiger partial charge in [0, 0.05) is 15.0 Å². The van der Waals surface area contributed by atoms with Gasteiger partial charge in [0.2, 0.25) is 0 Å². The summed E-state index contributed by atoms with van der Waals surface area (Å²) in [5.74, 6) is 0.672. The van der Waals surface area contributed by atoms with E-state index in [2.05, 4.69) is 44.0 Å². The fourth-order valence-corrected chi connectivity index (χ4v) is 3.69. The molecule has 2 N–H and O–H groups in total. The van der Waals surface area contributed by atoms with Gasteiger partial charge in [-0.15, -0.1) is 0 Å². The minimum absolute atomic E-state index is 0.196. The Morgan fingerprint density at radius 2 is 1.60 bits per heavy atom. The van der Waals surface area contributed by atoms with E-state index in [1.165, 1.54) is 31.2 Å². The van der Waals surface area contributed by atoms with Gasteiger partial charge < -0.3 is 5.73 Å². The summed E-state index contributed by atoms with van der Waals surface area (Å²) in [5.41, 5.74) is 7.54. The molecule has 0 bridgehead atoms. The molecule has 0 aliphatic heterocycles. The first-order valence-electron chi connectivity index (χ1n) is 5.38. The number of hydrogen-bond acceptors (Lipinski definition) is 1. The van der Waals surface area contributed by atoms with Crippen molar-refractivity contribution in [2.24, 2.45) is 11.7 Å². The summed E-state index contributed by atoms with van der Waals surface area (Å²) < 4.78 is 2.20. The lowest BCUT2D eigenvalue weighted by Crippen LogP contribution is -2.19. The van der Waals surface area contributed by atoms with E-state index in [0.29, 0.717) is 5.92 Å². The van der Waals surface area contributed by atoms with Crippen LogP contribution in [0, 0.1) is 5.92 Å². The molecule has 3 heteroatoms. The van der Waals surface area contributed by atoms with Crippen LogP contribution < -0.4 is 5.73 Å². The molecule has 0 unspecified atom stereocenters. The van der Waals surface area contributed by atoms with Crippen LogP contribution in [0.4, 0.5) is 0 Å². The van der Waals surface area contributed by atoms with Crippen molar-refractivity contribution in [3.8, 4) is 0 Å². The van der Waals surface area contributed by atoms with Gasteiger partial charge in [0.25, 0.3) is 0 Å². The highest BCUT2D eigenvalue weighted by atomic mass is 79.9. The van der Waals surface area contributed by atoms with Gasteiger partial charge in [0.15, 0.2) is 0 Å². The Morgan fingerprint density at radius 1 is 1.07 bits per heavy atom. The maximum atomic E-state index is 6.30. The lowest BCUT2D eigenvalue weighted by atomic mass is 9.93. The van der Waals surface area contributed by atoms with Gasteiger partial charge in [-0.1, -0.05) is 44.7 Å². The first-order valence-corrected chi connectivity index (χ1v) is 6.97. The van der Waals surface area contributed by atoms with Gasteiger partial charge in [-0.05, 0) is 42.5 Å². The molecule has 1 saturated carbocycles. The van der Waals surface area contributed by atoms with Crippen LogP contribution in [0.15, 0.2) is 27.1 Å². The molecule has 0 radical (unpaired) electrons. The van der Waals surface area contributed by atoms with E-state index in [9.17, 15) is 0 Å². The van der Waals surface area contributed by atoms with Crippen LogP contribution >= 0.6 is 31.9 Å². The minimum Gasteiger partial charge on any atom is -0.324 e. The topological polar surface area (TPSA) is 26.0 Å². The molecular weight excluding hydrogens is 318 g/mol. The van der Waals surface area contributed by atoms with Crippen LogP contribution in [-0.4, -0.2) is 0 Å². The molecule has 2 rings (SSSR count). The third kappa shape index (κ3) is 2.83. The average molecular weight is 333 g/mol. The Hall–Kier alpha value is 0.140. The summed E-state index contributed by atoms with van der Waals surface area (Å²) in [6.45, 7) is 0. The van der Waals surface area contributed by atoms with E-state index in [0.717, 1.165) is 8.95 Å². The molecule has 1 aromatic carbocycles. The number of halogens is 2. The zero-order valence-electron chi connectivity index (χ0n) is 8.55. The summed E-state index contributed by atoms with van der Waals surface area (Å²) in [6.07, 6.45) is 5.25. The van der Waals surface area contributed by atoms with Gasteiger partial charge in [-0.2, -0.15) is 0 Å². The van der Waals surface area contributed by atoms with Crippen LogP contribution in [0.3, 0.4) is 0 Å². The molecular formula is C12H15Br2N. The van der Waals surface area contributed by atoms with Crippen molar-refractivity contribution in [3.63, 3.8) is 0 Å². The lowest BCUT2D eigenvalue weighted by molar-refractivity contribution is 0.444. The molecule has 1 nitrogen and oxygen atoms in total. The predicted molar refractivity (Wildman–Crippen MR) is 70.7 cm³/mol. The maximum absolute atomic E-state index is 6.30. The smallest absolute Gasteiger partial charge is 0.0324 e. The molecule has 0 heterocycles. The zero-order chi connectivity index (χ0) is 10.8. The van der Waals surface area contributed by atoms with E-state index in [1.54, 1.807) is 0 Å². The quantitative estimate of drug-likeness (QED) is 0.853. The molecule has 1 aromatic rings. The second-order valence-electron chi connectivity index (χ2n) is 4.27. The summed E-state index contributed by atoms with van der Waals surface area (Å²) in [5, 5.41) is 0. The summed E-state index contributed by atoms with van der Waals surface area (Å²) in [6, 6.07) is 6.51. The van der Waals surface area contributed by atoms with Gasteiger partial charge in [0.05, 0.1) is 0 Å². The molecule has 1 atom stereocenters. The van der Waals surface area contributed by atoms with Crippen LogP contribution in [-0.2, 0) is 0 Å². The predicted octanol–water partition coefficient (Wildman–Crippen LogP) is 4.40. The van der Waals surface area contributed by atoms with Crippen molar-refractivity contribution in [2.45, 2.75) is 31.7 Å². The Morgan fingerprint density at radius 3 is 2.13 bits per heavy atom. The SMILES string of the molecule is N[C@@H](c1cc(Br)cc(Br)c1)C1CCCC1. The van der Waals surface area contributed by atoms with Crippen molar-refractivity contribution in [3.05, 3.63) is 32.7 Å². The van der Waals surface area contributed by atoms with E-state index < -0.39 is 0 Å².